The van der Waals surface area contributed by atoms with E-state index in [1.54, 1.807) is 7.11 Å². The van der Waals surface area contributed by atoms with Gasteiger partial charge in [0.05, 0.1) is 12.3 Å². The van der Waals surface area contributed by atoms with Gasteiger partial charge in [0, 0.05) is 26.4 Å². The molecule has 0 amide bonds. The van der Waals surface area contributed by atoms with Gasteiger partial charge in [0.15, 0.2) is 0 Å². The van der Waals surface area contributed by atoms with Crippen molar-refractivity contribution in [2.75, 3.05) is 26.8 Å². The van der Waals surface area contributed by atoms with Crippen LogP contribution in [0.1, 0.15) is 31.7 Å². The second-order valence-corrected chi connectivity index (χ2v) is 4.94. The van der Waals surface area contributed by atoms with E-state index < -0.39 is 0 Å². The normalized spacial score (nSPS) is 12.9. The molecule has 0 saturated carbocycles. The maximum atomic E-state index is 5.01. The molecule has 0 aliphatic heterocycles. The minimum atomic E-state index is 0.682. The SMILES string of the molecule is CCc1cc(CCC(C)CNCCOC)n(C)n1. The number of methoxy groups -OCH3 is 1. The van der Waals surface area contributed by atoms with Crippen LogP contribution < -0.4 is 5.32 Å². The number of hydrogen-bond donors (Lipinski definition) is 1. The first-order chi connectivity index (χ1) is 8.67. The van der Waals surface area contributed by atoms with E-state index >= 15 is 0 Å². The van der Waals surface area contributed by atoms with Gasteiger partial charge >= 0.3 is 0 Å². The lowest BCUT2D eigenvalue weighted by Crippen LogP contribution is -2.25. The second-order valence-electron chi connectivity index (χ2n) is 4.94. The van der Waals surface area contributed by atoms with Crippen LogP contribution in [0, 0.1) is 5.92 Å². The van der Waals surface area contributed by atoms with E-state index in [-0.39, 0.29) is 0 Å². The minimum absolute atomic E-state index is 0.682. The second kappa shape index (κ2) is 8.27. The molecule has 1 heterocycles. The van der Waals surface area contributed by atoms with Crippen LogP contribution in [0.25, 0.3) is 0 Å². The molecule has 18 heavy (non-hydrogen) atoms. The third kappa shape index (κ3) is 5.19. The van der Waals surface area contributed by atoms with Crippen LogP contribution in [0.5, 0.6) is 0 Å². The van der Waals surface area contributed by atoms with Gasteiger partial charge in [-0.05, 0) is 37.8 Å². The molecular formula is C14H27N3O. The Labute approximate surface area is 111 Å². The summed E-state index contributed by atoms with van der Waals surface area (Å²) in [4.78, 5) is 0. The van der Waals surface area contributed by atoms with Crippen LogP contribution in [-0.2, 0) is 24.6 Å². The van der Waals surface area contributed by atoms with E-state index in [4.69, 9.17) is 4.74 Å². The third-order valence-electron chi connectivity index (χ3n) is 3.26. The van der Waals surface area contributed by atoms with E-state index in [0.29, 0.717) is 5.92 Å². The van der Waals surface area contributed by atoms with Gasteiger partial charge in [0.25, 0.3) is 0 Å². The zero-order chi connectivity index (χ0) is 13.4. The molecule has 0 radical (unpaired) electrons. The van der Waals surface area contributed by atoms with Gasteiger partial charge in [-0.15, -0.1) is 0 Å². The fourth-order valence-electron chi connectivity index (χ4n) is 2.00. The quantitative estimate of drug-likeness (QED) is 0.682. The van der Waals surface area contributed by atoms with E-state index in [9.17, 15) is 0 Å². The summed E-state index contributed by atoms with van der Waals surface area (Å²) < 4.78 is 7.03. The molecule has 4 heteroatoms. The van der Waals surface area contributed by atoms with Crippen LogP contribution >= 0.6 is 0 Å². The van der Waals surface area contributed by atoms with E-state index in [1.165, 1.54) is 17.8 Å². The first-order valence-corrected chi connectivity index (χ1v) is 6.88. The topological polar surface area (TPSA) is 39.1 Å². The number of hydrogen-bond acceptors (Lipinski definition) is 3. The van der Waals surface area contributed by atoms with Crippen LogP contribution in [0.2, 0.25) is 0 Å². The molecule has 104 valence electrons. The van der Waals surface area contributed by atoms with Crippen molar-refractivity contribution in [1.29, 1.82) is 0 Å². The maximum Gasteiger partial charge on any atom is 0.0624 e. The Kier molecular flexibility index (Phi) is 6.98. The summed E-state index contributed by atoms with van der Waals surface area (Å²) in [6.07, 6.45) is 3.32. The number of nitrogens with zero attached hydrogens (tertiary/aromatic N) is 2. The molecule has 0 bridgehead atoms. The van der Waals surface area contributed by atoms with E-state index in [0.717, 1.165) is 32.5 Å². The summed E-state index contributed by atoms with van der Waals surface area (Å²) in [5.41, 5.74) is 2.54. The predicted octanol–water partition coefficient (Wildman–Crippen LogP) is 1.79. The Bertz CT molecular complexity index is 336. The summed E-state index contributed by atoms with van der Waals surface area (Å²) in [5.74, 6) is 0.682. The number of aryl methyl sites for hydroxylation is 3. The fourth-order valence-corrected chi connectivity index (χ4v) is 2.00. The van der Waals surface area contributed by atoms with E-state index in [2.05, 4.69) is 30.3 Å². The number of rotatable bonds is 9. The van der Waals surface area contributed by atoms with Crippen LogP contribution in [0.15, 0.2) is 6.07 Å². The fraction of sp³-hybridized carbons (Fsp3) is 0.786. The van der Waals surface area contributed by atoms with Crippen molar-refractivity contribution in [3.8, 4) is 0 Å². The first-order valence-electron chi connectivity index (χ1n) is 6.88. The van der Waals surface area contributed by atoms with Gasteiger partial charge in [-0.3, -0.25) is 4.68 Å². The molecule has 1 aromatic rings. The van der Waals surface area contributed by atoms with Crippen LogP contribution in [-0.4, -0.2) is 36.6 Å². The highest BCUT2D eigenvalue weighted by Crippen LogP contribution is 2.10. The lowest BCUT2D eigenvalue weighted by molar-refractivity contribution is 0.198. The molecule has 0 saturated heterocycles. The molecule has 4 nitrogen and oxygen atoms in total. The predicted molar refractivity (Wildman–Crippen MR) is 74.8 cm³/mol. The average molecular weight is 253 g/mol. The zero-order valence-electron chi connectivity index (χ0n) is 12.2. The summed E-state index contributed by atoms with van der Waals surface area (Å²) in [6.45, 7) is 7.22. The zero-order valence-corrected chi connectivity index (χ0v) is 12.2. The van der Waals surface area contributed by atoms with Gasteiger partial charge in [0.1, 0.15) is 0 Å². The van der Waals surface area contributed by atoms with Crippen molar-refractivity contribution in [3.63, 3.8) is 0 Å². The lowest BCUT2D eigenvalue weighted by Gasteiger charge is -2.12. The van der Waals surface area contributed by atoms with Gasteiger partial charge < -0.3 is 10.1 Å². The Morgan fingerprint density at radius 3 is 2.89 bits per heavy atom. The average Bonchev–Trinajstić information content (AvgIpc) is 2.73. The van der Waals surface area contributed by atoms with Crippen LogP contribution in [0.3, 0.4) is 0 Å². The largest absolute Gasteiger partial charge is 0.383 e. The van der Waals surface area contributed by atoms with Gasteiger partial charge in [-0.2, -0.15) is 5.10 Å². The summed E-state index contributed by atoms with van der Waals surface area (Å²) in [5, 5.41) is 7.88. The molecule has 1 atom stereocenters. The summed E-state index contributed by atoms with van der Waals surface area (Å²) in [7, 11) is 3.77. The Morgan fingerprint density at radius 1 is 1.50 bits per heavy atom. The lowest BCUT2D eigenvalue weighted by atomic mass is 10.0. The smallest absolute Gasteiger partial charge is 0.0624 e. The van der Waals surface area contributed by atoms with Crippen molar-refractivity contribution in [3.05, 3.63) is 17.5 Å². The van der Waals surface area contributed by atoms with Crippen molar-refractivity contribution in [2.24, 2.45) is 13.0 Å². The molecular weight excluding hydrogens is 226 g/mol. The molecule has 0 fully saturated rings. The standard InChI is InChI=1S/C14H27N3O/c1-5-13-10-14(17(3)16-13)7-6-12(2)11-15-8-9-18-4/h10,12,15H,5-9,11H2,1-4H3. The van der Waals surface area contributed by atoms with Crippen LogP contribution in [0.4, 0.5) is 0 Å². The third-order valence-corrected chi connectivity index (χ3v) is 3.26. The van der Waals surface area contributed by atoms with Gasteiger partial charge in [-0.1, -0.05) is 13.8 Å². The van der Waals surface area contributed by atoms with Crippen molar-refractivity contribution in [1.82, 2.24) is 15.1 Å². The van der Waals surface area contributed by atoms with Crippen molar-refractivity contribution < 1.29 is 4.74 Å². The number of ether oxygens (including phenoxy) is 1. The maximum absolute atomic E-state index is 5.01. The highest BCUT2D eigenvalue weighted by molar-refractivity contribution is 5.10. The Balaban J connectivity index is 2.24. The highest BCUT2D eigenvalue weighted by Gasteiger charge is 2.07. The highest BCUT2D eigenvalue weighted by atomic mass is 16.5. The summed E-state index contributed by atoms with van der Waals surface area (Å²) >= 11 is 0. The Hall–Kier alpha value is -0.870. The molecule has 1 unspecified atom stereocenters. The molecule has 0 spiro atoms. The Morgan fingerprint density at radius 2 is 2.28 bits per heavy atom. The molecule has 0 aliphatic rings. The molecule has 0 aromatic carbocycles. The molecule has 1 N–H and O–H groups in total. The minimum Gasteiger partial charge on any atom is -0.383 e. The van der Waals surface area contributed by atoms with Gasteiger partial charge in [-0.25, -0.2) is 0 Å². The van der Waals surface area contributed by atoms with E-state index in [1.807, 2.05) is 11.7 Å². The monoisotopic (exact) mass is 253 g/mol. The van der Waals surface area contributed by atoms with Crippen molar-refractivity contribution >= 4 is 0 Å². The first kappa shape index (κ1) is 15.2. The molecule has 0 aliphatic carbocycles. The molecule has 1 rings (SSSR count). The summed E-state index contributed by atoms with van der Waals surface area (Å²) in [6, 6.07) is 2.23. The van der Waals surface area contributed by atoms with Crippen molar-refractivity contribution in [2.45, 2.75) is 33.1 Å². The number of nitrogens with one attached hydrogen (secondary N) is 1. The number of aromatic nitrogens is 2. The van der Waals surface area contributed by atoms with Gasteiger partial charge in [0.2, 0.25) is 0 Å². The molecule has 1 aromatic heterocycles.